The molecule has 0 fully saturated rings. The Kier molecular flexibility index (Phi) is 4.65. The first kappa shape index (κ1) is 15.9. The number of nitrogens with one attached hydrogen (secondary N) is 1. The van der Waals surface area contributed by atoms with Crippen LogP contribution in [0, 0.1) is 0 Å². The smallest absolute Gasteiger partial charge is 0.244 e. The summed E-state index contributed by atoms with van der Waals surface area (Å²) >= 11 is 0. The van der Waals surface area contributed by atoms with Crippen LogP contribution in [0.2, 0.25) is 0 Å². The first-order valence-electron chi connectivity index (χ1n) is 7.59. The van der Waals surface area contributed by atoms with E-state index in [1.54, 1.807) is 12.3 Å². The highest BCUT2D eigenvalue weighted by molar-refractivity contribution is 5.83. The van der Waals surface area contributed by atoms with Gasteiger partial charge in [0.1, 0.15) is 0 Å². The molecule has 0 atom stereocenters. The Morgan fingerprint density at radius 3 is 2.67 bits per heavy atom. The van der Waals surface area contributed by atoms with Gasteiger partial charge in [0.25, 0.3) is 0 Å². The van der Waals surface area contributed by atoms with Gasteiger partial charge in [-0.25, -0.2) is 5.43 Å². The molecule has 1 aliphatic heterocycles. The van der Waals surface area contributed by atoms with Crippen LogP contribution in [-0.4, -0.2) is 33.0 Å². The summed E-state index contributed by atoms with van der Waals surface area (Å²) in [5.41, 5.74) is 5.41. The van der Waals surface area contributed by atoms with Gasteiger partial charge < -0.3 is 14.4 Å². The van der Waals surface area contributed by atoms with Crippen LogP contribution in [0.25, 0.3) is 0 Å². The van der Waals surface area contributed by atoms with E-state index >= 15 is 0 Å². The number of amides is 1. The molecule has 24 heavy (non-hydrogen) atoms. The number of carbonyl (C=O) groups excluding carboxylic acids is 1. The van der Waals surface area contributed by atoms with Crippen molar-refractivity contribution in [3.05, 3.63) is 53.6 Å². The van der Waals surface area contributed by atoms with Gasteiger partial charge in [-0.2, -0.15) is 5.10 Å². The Morgan fingerprint density at radius 1 is 1.17 bits per heavy atom. The number of nitrogens with zero attached hydrogens (tertiary/aromatic N) is 2. The van der Waals surface area contributed by atoms with Gasteiger partial charge in [0.2, 0.25) is 12.7 Å². The molecule has 1 amide bonds. The lowest BCUT2D eigenvalue weighted by atomic mass is 10.1. The zero-order valence-corrected chi connectivity index (χ0v) is 13.7. The van der Waals surface area contributed by atoms with Gasteiger partial charge in [-0.3, -0.25) is 4.79 Å². The topological polar surface area (TPSA) is 63.2 Å². The summed E-state index contributed by atoms with van der Waals surface area (Å²) in [5, 5.41) is 3.99. The lowest BCUT2D eigenvalue weighted by Crippen LogP contribution is -2.19. The van der Waals surface area contributed by atoms with Crippen LogP contribution >= 0.6 is 0 Å². The van der Waals surface area contributed by atoms with Crippen molar-refractivity contribution in [2.24, 2.45) is 5.10 Å². The van der Waals surface area contributed by atoms with E-state index in [0.29, 0.717) is 11.5 Å². The molecule has 1 heterocycles. The molecule has 0 saturated heterocycles. The molecule has 2 aromatic rings. The van der Waals surface area contributed by atoms with Crippen LogP contribution in [0.5, 0.6) is 11.5 Å². The summed E-state index contributed by atoms with van der Waals surface area (Å²) in [5.74, 6) is 1.19. The second-order valence-corrected chi connectivity index (χ2v) is 5.64. The Morgan fingerprint density at radius 2 is 1.92 bits per heavy atom. The molecule has 1 N–H and O–H groups in total. The number of hydrogen-bond donors (Lipinski definition) is 1. The molecular formula is C18H19N3O3. The van der Waals surface area contributed by atoms with Crippen LogP contribution in [0.1, 0.15) is 11.1 Å². The Balaban J connectivity index is 1.53. The lowest BCUT2D eigenvalue weighted by molar-refractivity contribution is -0.120. The summed E-state index contributed by atoms with van der Waals surface area (Å²) in [6.45, 7) is 0.224. The van der Waals surface area contributed by atoms with Crippen molar-refractivity contribution in [2.75, 3.05) is 25.8 Å². The second kappa shape index (κ2) is 7.04. The highest BCUT2D eigenvalue weighted by atomic mass is 16.7. The molecule has 3 rings (SSSR count). The minimum absolute atomic E-state index is 0.185. The third-order valence-corrected chi connectivity index (χ3v) is 3.61. The number of hydrogen-bond acceptors (Lipinski definition) is 5. The molecule has 0 aliphatic carbocycles. The van der Waals surface area contributed by atoms with Gasteiger partial charge in [0.15, 0.2) is 11.5 Å². The number of hydrazone groups is 1. The van der Waals surface area contributed by atoms with Gasteiger partial charge in [-0.1, -0.05) is 18.2 Å². The summed E-state index contributed by atoms with van der Waals surface area (Å²) in [7, 11) is 3.97. The second-order valence-electron chi connectivity index (χ2n) is 5.64. The molecular weight excluding hydrogens is 306 g/mol. The predicted octanol–water partition coefficient (Wildman–Crippen LogP) is 2.17. The highest BCUT2D eigenvalue weighted by Crippen LogP contribution is 2.32. The van der Waals surface area contributed by atoms with Crippen LogP contribution in [-0.2, 0) is 11.2 Å². The van der Waals surface area contributed by atoms with Gasteiger partial charge in [-0.05, 0) is 35.4 Å². The quantitative estimate of drug-likeness (QED) is 0.676. The molecule has 0 unspecified atom stereocenters. The van der Waals surface area contributed by atoms with Gasteiger partial charge in [-0.15, -0.1) is 0 Å². The van der Waals surface area contributed by atoms with Crippen molar-refractivity contribution in [3.63, 3.8) is 0 Å². The zero-order chi connectivity index (χ0) is 16.9. The van der Waals surface area contributed by atoms with Gasteiger partial charge in [0, 0.05) is 19.8 Å². The molecule has 6 nitrogen and oxygen atoms in total. The van der Waals surface area contributed by atoms with Crippen molar-refractivity contribution in [1.82, 2.24) is 5.43 Å². The first-order valence-corrected chi connectivity index (χ1v) is 7.59. The number of rotatable bonds is 5. The van der Waals surface area contributed by atoms with Crippen molar-refractivity contribution in [1.29, 1.82) is 0 Å². The largest absolute Gasteiger partial charge is 0.454 e. The number of anilines is 1. The number of fused-ring (bicyclic) bond motifs is 1. The average molecular weight is 325 g/mol. The standard InChI is InChI=1S/C18H19N3O3/c1-21(2)15-6-3-13(4-7-15)11-19-20-18(22)10-14-5-8-16-17(9-14)24-12-23-16/h3-9,11H,10,12H2,1-2H3,(H,20,22)/b19-11-. The van der Waals surface area contributed by atoms with Crippen LogP contribution in [0.3, 0.4) is 0 Å². The minimum Gasteiger partial charge on any atom is -0.454 e. The van der Waals surface area contributed by atoms with E-state index in [4.69, 9.17) is 9.47 Å². The maximum absolute atomic E-state index is 11.9. The molecule has 0 saturated carbocycles. The monoisotopic (exact) mass is 325 g/mol. The molecule has 124 valence electrons. The molecule has 1 aliphatic rings. The predicted molar refractivity (Wildman–Crippen MR) is 92.8 cm³/mol. The molecule has 0 spiro atoms. The van der Waals surface area contributed by atoms with E-state index < -0.39 is 0 Å². The zero-order valence-electron chi connectivity index (χ0n) is 13.7. The maximum Gasteiger partial charge on any atom is 0.244 e. The van der Waals surface area contributed by atoms with Crippen LogP contribution < -0.4 is 19.8 Å². The molecule has 2 aromatic carbocycles. The average Bonchev–Trinajstić information content (AvgIpc) is 3.03. The number of ether oxygens (including phenoxy) is 2. The lowest BCUT2D eigenvalue weighted by Gasteiger charge is -2.11. The Hall–Kier alpha value is -3.02. The summed E-state index contributed by atoms with van der Waals surface area (Å²) < 4.78 is 10.5. The Labute approximate surface area is 140 Å². The molecule has 6 heteroatoms. The SMILES string of the molecule is CN(C)c1ccc(/C=N\NC(=O)Cc2ccc3c(c2)OCO3)cc1. The van der Waals surface area contributed by atoms with Gasteiger partial charge in [0.05, 0.1) is 12.6 Å². The fourth-order valence-corrected chi connectivity index (χ4v) is 2.31. The molecule has 0 radical (unpaired) electrons. The molecule has 0 aromatic heterocycles. The van der Waals surface area contributed by atoms with Crippen LogP contribution in [0.4, 0.5) is 5.69 Å². The third kappa shape index (κ3) is 3.84. The van der Waals surface area contributed by atoms with Crippen molar-refractivity contribution >= 4 is 17.8 Å². The Bertz CT molecular complexity index is 755. The maximum atomic E-state index is 11.9. The summed E-state index contributed by atoms with van der Waals surface area (Å²) in [4.78, 5) is 14.0. The van der Waals surface area contributed by atoms with Crippen molar-refractivity contribution in [3.8, 4) is 11.5 Å². The van der Waals surface area contributed by atoms with Crippen molar-refractivity contribution < 1.29 is 14.3 Å². The van der Waals surface area contributed by atoms with E-state index in [1.807, 2.05) is 55.4 Å². The fourth-order valence-electron chi connectivity index (χ4n) is 2.31. The fraction of sp³-hybridized carbons (Fsp3) is 0.222. The van der Waals surface area contributed by atoms with E-state index in [9.17, 15) is 4.79 Å². The number of carbonyl (C=O) groups is 1. The van der Waals surface area contributed by atoms with E-state index in [2.05, 4.69) is 10.5 Å². The normalized spacial score (nSPS) is 12.4. The molecule has 0 bridgehead atoms. The minimum atomic E-state index is -0.185. The summed E-state index contributed by atoms with van der Waals surface area (Å²) in [6.07, 6.45) is 1.85. The number of benzene rings is 2. The van der Waals surface area contributed by atoms with E-state index in [1.165, 1.54) is 0 Å². The van der Waals surface area contributed by atoms with E-state index in [0.717, 1.165) is 16.8 Å². The first-order chi connectivity index (χ1) is 11.6. The van der Waals surface area contributed by atoms with E-state index in [-0.39, 0.29) is 19.1 Å². The van der Waals surface area contributed by atoms with Crippen LogP contribution in [0.15, 0.2) is 47.6 Å². The van der Waals surface area contributed by atoms with Gasteiger partial charge >= 0.3 is 0 Å². The third-order valence-electron chi connectivity index (χ3n) is 3.61. The summed E-state index contributed by atoms with van der Waals surface area (Å²) in [6, 6.07) is 13.3. The highest BCUT2D eigenvalue weighted by Gasteiger charge is 2.14. The van der Waals surface area contributed by atoms with Crippen molar-refractivity contribution in [2.45, 2.75) is 6.42 Å².